The van der Waals surface area contributed by atoms with E-state index in [1.165, 1.54) is 0 Å². The Kier molecular flexibility index (Phi) is 3.31. The molecule has 0 bridgehead atoms. The average molecular weight is 297 g/mol. The first-order valence-corrected chi connectivity index (χ1v) is 6.70. The zero-order valence-electron chi connectivity index (χ0n) is 10.8. The van der Waals surface area contributed by atoms with E-state index >= 15 is 0 Å². The van der Waals surface area contributed by atoms with Crippen LogP contribution >= 0.6 is 11.6 Å². The number of hydrogen-bond acceptors (Lipinski definition) is 4. The molecule has 1 fully saturated rings. The van der Waals surface area contributed by atoms with E-state index in [1.807, 2.05) is 0 Å². The van der Waals surface area contributed by atoms with E-state index in [4.69, 9.17) is 25.5 Å². The van der Waals surface area contributed by atoms with Crippen LogP contribution in [0.1, 0.15) is 30.3 Å². The topological polar surface area (TPSA) is 68.9 Å². The van der Waals surface area contributed by atoms with Crippen LogP contribution in [0.25, 0.3) is 11.0 Å². The fourth-order valence-corrected chi connectivity index (χ4v) is 2.15. The third-order valence-electron chi connectivity index (χ3n) is 2.99. The predicted octanol–water partition coefficient (Wildman–Crippen LogP) is 3.69. The van der Waals surface area contributed by atoms with Gasteiger partial charge in [-0.3, -0.25) is 0 Å². The highest BCUT2D eigenvalue weighted by Crippen LogP contribution is 2.36. The molecule has 1 heterocycles. The molecule has 1 aliphatic rings. The van der Waals surface area contributed by atoms with E-state index in [1.54, 1.807) is 25.1 Å². The molecule has 0 saturated heterocycles. The monoisotopic (exact) mass is 296 g/mol. The second-order valence-electron chi connectivity index (χ2n) is 4.73. The number of benzene rings is 1. The second kappa shape index (κ2) is 5.00. The molecule has 1 saturated carbocycles. The van der Waals surface area contributed by atoms with Crippen molar-refractivity contribution in [3.8, 4) is 5.75 Å². The van der Waals surface area contributed by atoms with E-state index < -0.39 is 12.3 Å². The molecule has 1 atom stereocenters. The Balaban J connectivity index is 1.98. The van der Waals surface area contributed by atoms with Gasteiger partial charge in [0.25, 0.3) is 5.76 Å². The van der Waals surface area contributed by atoms with Crippen molar-refractivity contribution >= 4 is 28.5 Å². The Labute approximate surface area is 120 Å². The van der Waals surface area contributed by atoms with Crippen molar-refractivity contribution in [2.45, 2.75) is 32.2 Å². The van der Waals surface area contributed by atoms with Crippen LogP contribution in [-0.4, -0.2) is 23.5 Å². The third-order valence-corrected chi connectivity index (χ3v) is 3.23. The first-order chi connectivity index (χ1) is 9.54. The van der Waals surface area contributed by atoms with E-state index in [0.717, 1.165) is 12.8 Å². The molecule has 1 unspecified atom stereocenters. The maximum absolute atomic E-state index is 11.2. The summed E-state index contributed by atoms with van der Waals surface area (Å²) in [5, 5.41) is 10.2. The zero-order chi connectivity index (χ0) is 14.3. The van der Waals surface area contributed by atoms with Crippen molar-refractivity contribution in [1.29, 1.82) is 0 Å². The maximum atomic E-state index is 11.2. The summed E-state index contributed by atoms with van der Waals surface area (Å²) in [6.07, 6.45) is 1.69. The fraction of sp³-hybridized carbons (Fsp3) is 0.357. The van der Waals surface area contributed by atoms with Crippen LogP contribution in [-0.2, 0) is 4.74 Å². The highest BCUT2D eigenvalue weighted by atomic mass is 35.5. The molecular formula is C14H13ClO5. The Hall–Kier alpha value is -1.72. The number of carboxylic acids is 1. The van der Waals surface area contributed by atoms with Crippen LogP contribution in [0.2, 0.25) is 5.02 Å². The molecule has 0 radical (unpaired) electrons. The maximum Gasteiger partial charge on any atom is 0.375 e. The number of carboxylic acid groups (broad SMARTS) is 1. The molecule has 1 aromatic heterocycles. The minimum Gasteiger partial charge on any atom is -0.475 e. The zero-order valence-corrected chi connectivity index (χ0v) is 11.5. The van der Waals surface area contributed by atoms with E-state index in [2.05, 4.69) is 0 Å². The Morgan fingerprint density at radius 2 is 2.25 bits per heavy atom. The number of fused-ring (bicyclic) bond motifs is 1. The molecule has 2 aromatic rings. The van der Waals surface area contributed by atoms with Gasteiger partial charge in [0.15, 0.2) is 12.0 Å². The number of rotatable bonds is 5. The first kappa shape index (κ1) is 13.3. The minimum atomic E-state index is -1.19. The van der Waals surface area contributed by atoms with Gasteiger partial charge in [-0.1, -0.05) is 11.6 Å². The highest BCUT2D eigenvalue weighted by Gasteiger charge is 2.28. The van der Waals surface area contributed by atoms with Gasteiger partial charge in [-0.05, 0) is 38.0 Å². The molecule has 5 nitrogen and oxygen atoms in total. The standard InChI is InChI=1S/C14H13ClO5/c1-7(18-9-3-4-9)19-12-10-6-8(15)2-5-11(10)20-13(12)14(16)17/h2,5-7,9H,3-4H2,1H3,(H,16,17). The van der Waals surface area contributed by atoms with Crippen LogP contribution < -0.4 is 4.74 Å². The molecule has 3 rings (SSSR count). The van der Waals surface area contributed by atoms with Crippen LogP contribution in [0.5, 0.6) is 5.75 Å². The van der Waals surface area contributed by atoms with Gasteiger partial charge in [0.2, 0.25) is 0 Å². The average Bonchev–Trinajstić information content (AvgIpc) is 3.11. The summed E-state index contributed by atoms with van der Waals surface area (Å²) in [6, 6.07) is 4.86. The Morgan fingerprint density at radius 3 is 2.90 bits per heavy atom. The number of aromatic carboxylic acids is 1. The van der Waals surface area contributed by atoms with Crippen molar-refractivity contribution in [3.05, 3.63) is 29.0 Å². The molecule has 0 amide bonds. The van der Waals surface area contributed by atoms with Crippen molar-refractivity contribution in [3.63, 3.8) is 0 Å². The van der Waals surface area contributed by atoms with E-state index in [0.29, 0.717) is 16.0 Å². The lowest BCUT2D eigenvalue weighted by Gasteiger charge is -2.14. The normalized spacial score (nSPS) is 16.3. The van der Waals surface area contributed by atoms with Gasteiger partial charge >= 0.3 is 5.97 Å². The number of furan rings is 1. The molecule has 106 valence electrons. The smallest absolute Gasteiger partial charge is 0.375 e. The van der Waals surface area contributed by atoms with Gasteiger partial charge < -0.3 is 19.0 Å². The summed E-state index contributed by atoms with van der Waals surface area (Å²) in [7, 11) is 0. The molecular weight excluding hydrogens is 284 g/mol. The summed E-state index contributed by atoms with van der Waals surface area (Å²) in [5.41, 5.74) is 0.417. The fourth-order valence-electron chi connectivity index (χ4n) is 1.97. The number of halogens is 1. The molecule has 6 heteroatoms. The lowest BCUT2D eigenvalue weighted by Crippen LogP contribution is -2.18. The molecule has 1 N–H and O–H groups in total. The molecule has 1 aliphatic carbocycles. The lowest BCUT2D eigenvalue weighted by atomic mass is 10.2. The minimum absolute atomic E-state index is 0.156. The van der Waals surface area contributed by atoms with E-state index in [-0.39, 0.29) is 17.6 Å². The predicted molar refractivity (Wildman–Crippen MR) is 72.4 cm³/mol. The quantitative estimate of drug-likeness (QED) is 0.852. The SMILES string of the molecule is CC(Oc1c(C(=O)O)oc2ccc(Cl)cc12)OC1CC1. The van der Waals surface area contributed by atoms with Crippen LogP contribution in [0, 0.1) is 0 Å². The summed E-state index contributed by atoms with van der Waals surface area (Å²) >= 11 is 5.93. The number of carbonyl (C=O) groups is 1. The van der Waals surface area contributed by atoms with Gasteiger partial charge in [-0.2, -0.15) is 0 Å². The summed E-state index contributed by atoms with van der Waals surface area (Å²) in [5.74, 6) is -1.28. The van der Waals surface area contributed by atoms with Crippen molar-refractivity contribution in [2.75, 3.05) is 0 Å². The molecule has 20 heavy (non-hydrogen) atoms. The van der Waals surface area contributed by atoms with Crippen LogP contribution in [0.15, 0.2) is 22.6 Å². The van der Waals surface area contributed by atoms with Gasteiger partial charge in [0.05, 0.1) is 11.5 Å². The molecule has 0 aliphatic heterocycles. The van der Waals surface area contributed by atoms with Crippen LogP contribution in [0.4, 0.5) is 0 Å². The first-order valence-electron chi connectivity index (χ1n) is 6.32. The molecule has 1 aromatic carbocycles. The van der Waals surface area contributed by atoms with Gasteiger partial charge in [-0.25, -0.2) is 4.79 Å². The van der Waals surface area contributed by atoms with Gasteiger partial charge in [-0.15, -0.1) is 0 Å². The summed E-state index contributed by atoms with van der Waals surface area (Å²) in [6.45, 7) is 1.73. The van der Waals surface area contributed by atoms with Crippen molar-refractivity contribution in [2.24, 2.45) is 0 Å². The Bertz CT molecular complexity index is 659. The lowest BCUT2D eigenvalue weighted by molar-refractivity contribution is -0.0757. The van der Waals surface area contributed by atoms with Crippen LogP contribution in [0.3, 0.4) is 0 Å². The van der Waals surface area contributed by atoms with Gasteiger partial charge in [0.1, 0.15) is 5.58 Å². The van der Waals surface area contributed by atoms with Crippen molar-refractivity contribution in [1.82, 2.24) is 0 Å². The summed E-state index contributed by atoms with van der Waals surface area (Å²) < 4.78 is 16.5. The number of ether oxygens (including phenoxy) is 2. The molecule has 0 spiro atoms. The van der Waals surface area contributed by atoms with Crippen molar-refractivity contribution < 1.29 is 23.8 Å². The third kappa shape index (κ3) is 2.59. The second-order valence-corrected chi connectivity index (χ2v) is 5.16. The summed E-state index contributed by atoms with van der Waals surface area (Å²) in [4.78, 5) is 11.2. The largest absolute Gasteiger partial charge is 0.475 e. The van der Waals surface area contributed by atoms with Gasteiger partial charge in [0, 0.05) is 5.02 Å². The van der Waals surface area contributed by atoms with E-state index in [9.17, 15) is 9.90 Å². The number of hydrogen-bond donors (Lipinski definition) is 1. The Morgan fingerprint density at radius 1 is 1.50 bits per heavy atom. The highest BCUT2D eigenvalue weighted by molar-refractivity contribution is 6.31.